The number of carbonyl (C=O) groups is 1. The molecule has 1 aliphatic rings. The molecule has 5 rings (SSSR count). The lowest BCUT2D eigenvalue weighted by Gasteiger charge is -2.32. The molecule has 0 saturated heterocycles. The molecular weight excluding hydrogens is 394 g/mol. The predicted molar refractivity (Wildman–Crippen MR) is 112 cm³/mol. The maximum absolute atomic E-state index is 11.1. The molecule has 0 radical (unpaired) electrons. The van der Waals surface area contributed by atoms with Gasteiger partial charge < -0.3 is 14.6 Å². The SMILES string of the molecule is Cc1cccc(-c2noc(C3Cc4nc[nH]c4CN3Cc3ccc(C(=O)O)cc3)n2)c1. The molecule has 0 amide bonds. The Balaban J connectivity index is 1.44. The summed E-state index contributed by atoms with van der Waals surface area (Å²) in [6, 6.07) is 14.8. The molecule has 0 aliphatic carbocycles. The van der Waals surface area contributed by atoms with Crippen molar-refractivity contribution < 1.29 is 14.4 Å². The molecular formula is C23H21N5O3. The number of aryl methyl sites for hydroxylation is 1. The summed E-state index contributed by atoms with van der Waals surface area (Å²) in [4.78, 5) is 25.7. The van der Waals surface area contributed by atoms with Crippen LogP contribution in [-0.2, 0) is 19.5 Å². The van der Waals surface area contributed by atoms with Crippen molar-refractivity contribution in [2.24, 2.45) is 0 Å². The zero-order valence-corrected chi connectivity index (χ0v) is 16.9. The molecule has 8 nitrogen and oxygen atoms in total. The van der Waals surface area contributed by atoms with Crippen LogP contribution in [0.25, 0.3) is 11.4 Å². The third-order valence-electron chi connectivity index (χ3n) is 5.59. The second-order valence-electron chi connectivity index (χ2n) is 7.78. The van der Waals surface area contributed by atoms with E-state index < -0.39 is 5.97 Å². The van der Waals surface area contributed by atoms with Gasteiger partial charge in [-0.1, -0.05) is 41.1 Å². The lowest BCUT2D eigenvalue weighted by molar-refractivity contribution is 0.0697. The molecule has 3 heterocycles. The third-order valence-corrected chi connectivity index (χ3v) is 5.59. The largest absolute Gasteiger partial charge is 0.478 e. The fourth-order valence-corrected chi connectivity index (χ4v) is 3.96. The van der Waals surface area contributed by atoms with Crippen molar-refractivity contribution in [3.63, 3.8) is 0 Å². The van der Waals surface area contributed by atoms with E-state index in [2.05, 4.69) is 20.0 Å². The zero-order chi connectivity index (χ0) is 21.4. The van der Waals surface area contributed by atoms with Gasteiger partial charge in [0.2, 0.25) is 11.7 Å². The van der Waals surface area contributed by atoms with Crippen LogP contribution in [0.4, 0.5) is 0 Å². The summed E-state index contributed by atoms with van der Waals surface area (Å²) in [6.45, 7) is 3.30. The van der Waals surface area contributed by atoms with E-state index in [9.17, 15) is 4.79 Å². The molecule has 1 unspecified atom stereocenters. The van der Waals surface area contributed by atoms with E-state index in [4.69, 9.17) is 14.6 Å². The van der Waals surface area contributed by atoms with Crippen LogP contribution in [0.2, 0.25) is 0 Å². The highest BCUT2D eigenvalue weighted by molar-refractivity contribution is 5.87. The molecule has 1 atom stereocenters. The Morgan fingerprint density at radius 1 is 1.26 bits per heavy atom. The van der Waals surface area contributed by atoms with Crippen LogP contribution in [0.5, 0.6) is 0 Å². The van der Waals surface area contributed by atoms with Crippen LogP contribution in [0.1, 0.15) is 44.8 Å². The number of hydrogen-bond donors (Lipinski definition) is 2. The number of nitrogens with one attached hydrogen (secondary N) is 1. The second-order valence-corrected chi connectivity index (χ2v) is 7.78. The summed E-state index contributed by atoms with van der Waals surface area (Å²) in [5.41, 5.74) is 5.40. The molecule has 156 valence electrons. The van der Waals surface area contributed by atoms with Crippen molar-refractivity contribution in [2.75, 3.05) is 0 Å². The van der Waals surface area contributed by atoms with Crippen molar-refractivity contribution in [3.8, 4) is 11.4 Å². The number of hydrogen-bond acceptors (Lipinski definition) is 6. The summed E-state index contributed by atoms with van der Waals surface area (Å²) in [5.74, 6) is 0.184. The molecule has 8 heteroatoms. The number of aromatic nitrogens is 4. The topological polar surface area (TPSA) is 108 Å². The second kappa shape index (κ2) is 7.81. The summed E-state index contributed by atoms with van der Waals surface area (Å²) in [7, 11) is 0. The van der Waals surface area contributed by atoms with E-state index in [0.29, 0.717) is 31.2 Å². The van der Waals surface area contributed by atoms with Crippen molar-refractivity contribution in [1.82, 2.24) is 25.0 Å². The van der Waals surface area contributed by atoms with Crippen LogP contribution in [0, 0.1) is 6.92 Å². The Labute approximate surface area is 178 Å². The van der Waals surface area contributed by atoms with Gasteiger partial charge in [0.15, 0.2) is 0 Å². The zero-order valence-electron chi connectivity index (χ0n) is 16.9. The Kier molecular flexibility index (Phi) is 4.83. The van der Waals surface area contributed by atoms with Gasteiger partial charge in [0.25, 0.3) is 0 Å². The van der Waals surface area contributed by atoms with E-state index in [-0.39, 0.29) is 11.6 Å². The van der Waals surface area contributed by atoms with Gasteiger partial charge in [0, 0.05) is 25.1 Å². The number of rotatable bonds is 5. The number of imidazole rings is 1. The first kappa shape index (κ1) is 19.2. The van der Waals surface area contributed by atoms with Crippen LogP contribution in [0.15, 0.2) is 59.4 Å². The minimum Gasteiger partial charge on any atom is -0.478 e. The number of aromatic amines is 1. The van der Waals surface area contributed by atoms with Gasteiger partial charge in [-0.3, -0.25) is 4.90 Å². The number of fused-ring (bicyclic) bond motifs is 1. The maximum Gasteiger partial charge on any atom is 0.335 e. The van der Waals surface area contributed by atoms with E-state index in [1.807, 2.05) is 43.3 Å². The number of benzene rings is 2. The molecule has 0 fully saturated rings. The molecule has 4 aromatic rings. The third kappa shape index (κ3) is 3.85. The normalized spacial score (nSPS) is 16.2. The highest BCUT2D eigenvalue weighted by Crippen LogP contribution is 2.33. The first-order valence-electron chi connectivity index (χ1n) is 10.0. The Morgan fingerprint density at radius 2 is 2.10 bits per heavy atom. The van der Waals surface area contributed by atoms with E-state index >= 15 is 0 Å². The lowest BCUT2D eigenvalue weighted by atomic mass is 10.0. The fraction of sp³-hybridized carbons (Fsp3) is 0.217. The average molecular weight is 415 g/mol. The molecule has 0 spiro atoms. The van der Waals surface area contributed by atoms with Crippen LogP contribution in [-0.4, -0.2) is 36.1 Å². The summed E-state index contributed by atoms with van der Waals surface area (Å²) in [6.07, 6.45) is 2.36. The molecule has 0 bridgehead atoms. The van der Waals surface area contributed by atoms with Crippen LogP contribution in [0.3, 0.4) is 0 Å². The average Bonchev–Trinajstić information content (AvgIpc) is 3.43. The van der Waals surface area contributed by atoms with Crippen LogP contribution < -0.4 is 0 Å². The number of carboxylic acids is 1. The molecule has 0 saturated carbocycles. The van der Waals surface area contributed by atoms with Gasteiger partial charge in [-0.15, -0.1) is 0 Å². The van der Waals surface area contributed by atoms with Crippen LogP contribution >= 0.6 is 0 Å². The summed E-state index contributed by atoms with van der Waals surface area (Å²) < 4.78 is 5.69. The van der Waals surface area contributed by atoms with E-state index in [0.717, 1.165) is 28.1 Å². The fourth-order valence-electron chi connectivity index (χ4n) is 3.96. The highest BCUT2D eigenvalue weighted by atomic mass is 16.5. The summed E-state index contributed by atoms with van der Waals surface area (Å²) >= 11 is 0. The van der Waals surface area contributed by atoms with Gasteiger partial charge in [-0.25, -0.2) is 9.78 Å². The van der Waals surface area contributed by atoms with Gasteiger partial charge in [0.1, 0.15) is 0 Å². The van der Waals surface area contributed by atoms with E-state index in [1.165, 1.54) is 0 Å². The molecule has 2 aromatic carbocycles. The van der Waals surface area contributed by atoms with Gasteiger partial charge >= 0.3 is 5.97 Å². The number of carboxylic acid groups (broad SMARTS) is 1. The minimum absolute atomic E-state index is 0.124. The van der Waals surface area contributed by atoms with Crippen molar-refractivity contribution in [1.29, 1.82) is 0 Å². The number of H-pyrrole nitrogens is 1. The number of aromatic carboxylic acids is 1. The van der Waals surface area contributed by atoms with Gasteiger partial charge in [0.05, 0.1) is 29.3 Å². The monoisotopic (exact) mass is 415 g/mol. The standard InChI is InChI=1S/C23H21N5O3/c1-14-3-2-4-17(9-14)21-26-22(31-27-21)20-10-18-19(25-13-24-18)12-28(20)11-15-5-7-16(8-6-15)23(29)30/h2-9,13,20H,10-12H2,1H3,(H,24,25)(H,29,30). The Hall–Kier alpha value is -3.78. The lowest BCUT2D eigenvalue weighted by Crippen LogP contribution is -2.34. The van der Waals surface area contributed by atoms with E-state index in [1.54, 1.807) is 18.5 Å². The minimum atomic E-state index is -0.931. The smallest absolute Gasteiger partial charge is 0.335 e. The molecule has 1 aliphatic heterocycles. The first-order valence-corrected chi connectivity index (χ1v) is 10.0. The van der Waals surface area contributed by atoms with Crippen molar-refractivity contribution in [2.45, 2.75) is 32.5 Å². The van der Waals surface area contributed by atoms with Crippen molar-refractivity contribution >= 4 is 5.97 Å². The molecule has 31 heavy (non-hydrogen) atoms. The van der Waals surface area contributed by atoms with Crippen molar-refractivity contribution in [3.05, 3.63) is 88.8 Å². The molecule has 2 aromatic heterocycles. The predicted octanol–water partition coefficient (Wildman–Crippen LogP) is 3.77. The molecule has 2 N–H and O–H groups in total. The first-order chi connectivity index (χ1) is 15.1. The Morgan fingerprint density at radius 3 is 2.87 bits per heavy atom. The quantitative estimate of drug-likeness (QED) is 0.511. The summed E-state index contributed by atoms with van der Waals surface area (Å²) in [5, 5.41) is 13.4. The highest BCUT2D eigenvalue weighted by Gasteiger charge is 2.33. The maximum atomic E-state index is 11.1. The number of nitrogens with zero attached hydrogens (tertiary/aromatic N) is 4. The van der Waals surface area contributed by atoms with Gasteiger partial charge in [-0.05, 0) is 30.7 Å². The Bertz CT molecular complexity index is 1230. The van der Waals surface area contributed by atoms with Gasteiger partial charge in [-0.2, -0.15) is 4.98 Å².